The lowest BCUT2D eigenvalue weighted by atomic mass is 9.53. The van der Waals surface area contributed by atoms with Gasteiger partial charge in [-0.1, -0.05) is 0 Å². The molecule has 27 heavy (non-hydrogen) atoms. The molecule has 2 heterocycles. The summed E-state index contributed by atoms with van der Waals surface area (Å²) in [6.07, 6.45) is 4.19. The summed E-state index contributed by atoms with van der Waals surface area (Å²) < 4.78 is 41.7. The molecule has 0 radical (unpaired) electrons. The first-order chi connectivity index (χ1) is 12.8. The number of nitrogens with zero attached hydrogens (tertiary/aromatic N) is 3. The fourth-order valence-corrected chi connectivity index (χ4v) is 4.63. The third-order valence-corrected chi connectivity index (χ3v) is 6.68. The average Bonchev–Trinajstić information content (AvgIpc) is 3.36. The number of nitrogens with two attached hydrogens (primary N) is 1. The van der Waals surface area contributed by atoms with Gasteiger partial charge in [0, 0.05) is 23.5 Å². The van der Waals surface area contributed by atoms with E-state index in [1.807, 2.05) is 0 Å². The molecule has 8 heteroatoms. The summed E-state index contributed by atoms with van der Waals surface area (Å²) in [6, 6.07) is 0.999. The second kappa shape index (κ2) is 5.47. The Bertz CT molecular complexity index is 895. The molecule has 0 aliphatic heterocycles. The molecule has 144 valence electrons. The zero-order valence-corrected chi connectivity index (χ0v) is 14.7. The van der Waals surface area contributed by atoms with Crippen LogP contribution in [0.3, 0.4) is 0 Å². The van der Waals surface area contributed by atoms with E-state index in [9.17, 15) is 18.3 Å². The molecule has 0 amide bonds. The number of hydrogen-bond acceptors (Lipinski definition) is 4. The van der Waals surface area contributed by atoms with Crippen molar-refractivity contribution in [2.24, 2.45) is 11.8 Å². The van der Waals surface area contributed by atoms with Crippen molar-refractivity contribution in [2.45, 2.75) is 56.3 Å². The van der Waals surface area contributed by atoms with Gasteiger partial charge in [-0.25, -0.2) is 9.97 Å². The SMILES string of the molecule is Nc1ncc(-c2cn(C34CCC3CC4)c([C@H](O)C3CC3)n2)cc1C(F)(F)F. The van der Waals surface area contributed by atoms with Crippen molar-refractivity contribution in [3.8, 4) is 11.3 Å². The van der Waals surface area contributed by atoms with Crippen LogP contribution in [0.25, 0.3) is 11.3 Å². The number of hydrogen-bond donors (Lipinski definition) is 2. The van der Waals surface area contributed by atoms with Crippen molar-refractivity contribution in [1.82, 2.24) is 14.5 Å². The topological polar surface area (TPSA) is 77.0 Å². The van der Waals surface area contributed by atoms with E-state index in [2.05, 4.69) is 14.5 Å². The molecule has 2 aromatic rings. The van der Waals surface area contributed by atoms with Gasteiger partial charge >= 0.3 is 6.18 Å². The standard InChI is InChI=1S/C19H21F3N4O/c20-19(21,22)13-7-11(8-24-16(13)23)14-9-26(18-5-3-12(18)4-6-18)17(25-14)15(27)10-1-2-10/h7-10,12,15,27H,1-6H2,(H2,23,24)/t12?,15-,18?/m1/s1. The molecule has 1 atom stereocenters. The Morgan fingerprint density at radius 2 is 1.93 bits per heavy atom. The molecular formula is C19H21F3N4O. The van der Waals surface area contributed by atoms with Gasteiger partial charge in [-0.15, -0.1) is 0 Å². The normalized spacial score (nSPS) is 28.2. The molecule has 3 aliphatic carbocycles. The maximum Gasteiger partial charge on any atom is 0.419 e. The summed E-state index contributed by atoms with van der Waals surface area (Å²) in [6.45, 7) is 0. The molecule has 0 spiro atoms. The Morgan fingerprint density at radius 1 is 1.22 bits per heavy atom. The molecule has 0 bridgehead atoms. The number of imidazole rings is 1. The molecule has 0 saturated heterocycles. The number of nitrogen functional groups attached to an aromatic ring is 1. The van der Waals surface area contributed by atoms with Crippen LogP contribution in [0, 0.1) is 11.8 Å². The number of aliphatic hydroxyl groups excluding tert-OH is 1. The second-order valence-corrected chi connectivity index (χ2v) is 8.17. The smallest absolute Gasteiger partial charge is 0.385 e. The van der Waals surface area contributed by atoms with Gasteiger partial charge in [0.15, 0.2) is 0 Å². The van der Waals surface area contributed by atoms with Crippen LogP contribution < -0.4 is 5.73 Å². The molecule has 0 aromatic carbocycles. The first kappa shape index (κ1) is 17.0. The minimum absolute atomic E-state index is 0.00938. The van der Waals surface area contributed by atoms with E-state index < -0.39 is 23.7 Å². The van der Waals surface area contributed by atoms with Gasteiger partial charge in [-0.2, -0.15) is 13.2 Å². The van der Waals surface area contributed by atoms with E-state index in [4.69, 9.17) is 5.73 Å². The number of pyridine rings is 1. The third kappa shape index (κ3) is 2.49. The van der Waals surface area contributed by atoms with Crippen LogP contribution in [-0.4, -0.2) is 19.6 Å². The minimum atomic E-state index is -4.57. The maximum atomic E-state index is 13.2. The van der Waals surface area contributed by atoms with Crippen LogP contribution in [0.5, 0.6) is 0 Å². The molecule has 3 saturated carbocycles. The predicted molar refractivity (Wildman–Crippen MR) is 92.5 cm³/mol. The van der Waals surface area contributed by atoms with Crippen molar-refractivity contribution in [2.75, 3.05) is 5.73 Å². The first-order valence-corrected chi connectivity index (χ1v) is 9.40. The van der Waals surface area contributed by atoms with Gasteiger partial charge in [0.25, 0.3) is 0 Å². The zero-order chi connectivity index (χ0) is 19.0. The summed E-state index contributed by atoms with van der Waals surface area (Å²) in [5.41, 5.74) is 5.13. The van der Waals surface area contributed by atoms with Crippen LogP contribution in [0.15, 0.2) is 18.5 Å². The molecule has 5 nitrogen and oxygen atoms in total. The number of aromatic nitrogens is 3. The highest BCUT2D eigenvalue weighted by Gasteiger charge is 2.56. The van der Waals surface area contributed by atoms with E-state index in [1.54, 1.807) is 6.20 Å². The van der Waals surface area contributed by atoms with Crippen molar-refractivity contribution in [1.29, 1.82) is 0 Å². The van der Waals surface area contributed by atoms with Crippen LogP contribution in [-0.2, 0) is 11.7 Å². The van der Waals surface area contributed by atoms with Gasteiger partial charge in [-0.05, 0) is 56.4 Å². The molecule has 3 fully saturated rings. The number of rotatable bonds is 4. The van der Waals surface area contributed by atoms with E-state index in [0.29, 0.717) is 17.4 Å². The fraction of sp³-hybridized carbons (Fsp3) is 0.579. The number of alkyl halides is 3. The number of anilines is 1. The highest BCUT2D eigenvalue weighted by Crippen LogP contribution is 2.60. The van der Waals surface area contributed by atoms with Crippen LogP contribution in [0.4, 0.5) is 19.0 Å². The van der Waals surface area contributed by atoms with Crippen molar-refractivity contribution >= 4 is 5.82 Å². The van der Waals surface area contributed by atoms with Crippen molar-refractivity contribution in [3.05, 3.63) is 29.8 Å². The molecule has 0 unspecified atom stereocenters. The van der Waals surface area contributed by atoms with Crippen molar-refractivity contribution < 1.29 is 18.3 Å². The Balaban J connectivity index is 1.60. The average molecular weight is 378 g/mol. The van der Waals surface area contributed by atoms with Gasteiger partial charge in [0.2, 0.25) is 0 Å². The van der Waals surface area contributed by atoms with Crippen LogP contribution in [0.2, 0.25) is 0 Å². The number of halogens is 3. The quantitative estimate of drug-likeness (QED) is 0.846. The van der Waals surface area contributed by atoms with Crippen molar-refractivity contribution in [3.63, 3.8) is 0 Å². The summed E-state index contributed by atoms with van der Waals surface area (Å²) in [7, 11) is 0. The Labute approximate surface area is 154 Å². The lowest BCUT2D eigenvalue weighted by molar-refractivity contribution is -0.137. The number of aliphatic hydroxyl groups is 1. The predicted octanol–water partition coefficient (Wildman–Crippen LogP) is 3.89. The van der Waals surface area contributed by atoms with E-state index in [0.717, 1.165) is 44.6 Å². The Kier molecular flexibility index (Phi) is 3.45. The molecular weight excluding hydrogens is 357 g/mol. The van der Waals surface area contributed by atoms with Gasteiger partial charge in [-0.3, -0.25) is 0 Å². The molecule has 3 N–H and O–H groups in total. The van der Waals surface area contributed by atoms with E-state index >= 15 is 0 Å². The highest BCUT2D eigenvalue weighted by molar-refractivity contribution is 5.62. The summed E-state index contributed by atoms with van der Waals surface area (Å²) in [4.78, 5) is 8.30. The maximum absolute atomic E-state index is 13.2. The van der Waals surface area contributed by atoms with Gasteiger partial charge in [0.05, 0.1) is 11.3 Å². The summed E-state index contributed by atoms with van der Waals surface area (Å²) in [5.74, 6) is 0.826. The molecule has 3 aliphatic rings. The Morgan fingerprint density at radius 3 is 2.44 bits per heavy atom. The van der Waals surface area contributed by atoms with E-state index in [1.165, 1.54) is 6.20 Å². The Hall–Kier alpha value is -2.09. The molecule has 5 rings (SSSR count). The van der Waals surface area contributed by atoms with Crippen LogP contribution >= 0.6 is 0 Å². The summed E-state index contributed by atoms with van der Waals surface area (Å²) >= 11 is 0. The monoisotopic (exact) mass is 378 g/mol. The fourth-order valence-electron chi connectivity index (χ4n) is 4.63. The van der Waals surface area contributed by atoms with Crippen LogP contribution in [0.1, 0.15) is 56.0 Å². The largest absolute Gasteiger partial charge is 0.419 e. The first-order valence-electron chi connectivity index (χ1n) is 9.40. The summed E-state index contributed by atoms with van der Waals surface area (Å²) in [5, 5.41) is 10.7. The van der Waals surface area contributed by atoms with E-state index in [-0.39, 0.29) is 17.0 Å². The minimum Gasteiger partial charge on any atom is -0.385 e. The molecule has 2 aromatic heterocycles. The lowest BCUT2D eigenvalue weighted by Gasteiger charge is -2.59. The lowest BCUT2D eigenvalue weighted by Crippen LogP contribution is -2.57. The van der Waals surface area contributed by atoms with Gasteiger partial charge in [0.1, 0.15) is 17.7 Å². The number of fused-ring (bicyclic) bond motifs is 1. The third-order valence-electron chi connectivity index (χ3n) is 6.68. The second-order valence-electron chi connectivity index (χ2n) is 8.17. The highest BCUT2D eigenvalue weighted by atomic mass is 19.4. The van der Waals surface area contributed by atoms with Gasteiger partial charge < -0.3 is 15.4 Å². The zero-order valence-electron chi connectivity index (χ0n) is 14.7.